The van der Waals surface area contributed by atoms with Gasteiger partial charge in [-0.25, -0.2) is 0 Å². The van der Waals surface area contributed by atoms with E-state index in [9.17, 15) is 4.79 Å². The van der Waals surface area contributed by atoms with Crippen molar-refractivity contribution >= 4 is 35.8 Å². The van der Waals surface area contributed by atoms with E-state index in [0.717, 1.165) is 32.0 Å². The molecule has 1 heterocycles. The molecule has 5 nitrogen and oxygen atoms in total. The number of carbonyl (C=O) groups excluding carboxylic acids is 1. The molecule has 24 heavy (non-hydrogen) atoms. The maximum Gasteiger partial charge on any atom is 0.225 e. The van der Waals surface area contributed by atoms with Crippen LogP contribution in [-0.2, 0) is 11.3 Å². The highest BCUT2D eigenvalue weighted by atomic mass is 127. The third-order valence-corrected chi connectivity index (χ3v) is 4.10. The van der Waals surface area contributed by atoms with E-state index in [1.54, 1.807) is 7.05 Å². The summed E-state index contributed by atoms with van der Waals surface area (Å²) < 4.78 is 0. The third-order valence-electron chi connectivity index (χ3n) is 4.10. The molecule has 1 saturated heterocycles. The van der Waals surface area contributed by atoms with Crippen molar-refractivity contribution in [3.63, 3.8) is 0 Å². The van der Waals surface area contributed by atoms with Gasteiger partial charge in [-0.1, -0.05) is 43.7 Å². The highest BCUT2D eigenvalue weighted by Gasteiger charge is 2.27. The molecule has 0 aromatic heterocycles. The molecule has 1 amide bonds. The number of hydrogen-bond donors (Lipinski definition) is 2. The first-order valence-electron chi connectivity index (χ1n) is 8.31. The standard InChI is InChI=1S/C18H28N4O.HI/c1-13(2)17(23)22-9-8-16(12-22)21-18(19-4)20-11-15-7-5-6-14(3)10-15;/h5-7,10,13,16H,8-9,11-12H2,1-4H3,(H2,19,20,21);1H. The van der Waals surface area contributed by atoms with Crippen LogP contribution in [0.25, 0.3) is 0 Å². The number of amides is 1. The van der Waals surface area contributed by atoms with Crippen LogP contribution < -0.4 is 10.6 Å². The van der Waals surface area contributed by atoms with E-state index in [2.05, 4.69) is 46.8 Å². The fraction of sp³-hybridized carbons (Fsp3) is 0.556. The first kappa shape index (κ1) is 20.7. The molecule has 1 aromatic carbocycles. The molecule has 0 saturated carbocycles. The second-order valence-corrected chi connectivity index (χ2v) is 6.48. The molecular formula is C18H29IN4O. The molecule has 0 bridgehead atoms. The molecule has 2 rings (SSSR count). The van der Waals surface area contributed by atoms with Gasteiger partial charge in [-0.05, 0) is 18.9 Å². The summed E-state index contributed by atoms with van der Waals surface area (Å²) in [7, 11) is 1.78. The number of benzene rings is 1. The first-order valence-corrected chi connectivity index (χ1v) is 8.31. The maximum atomic E-state index is 12.0. The second-order valence-electron chi connectivity index (χ2n) is 6.48. The van der Waals surface area contributed by atoms with Gasteiger partial charge >= 0.3 is 0 Å². The number of nitrogens with zero attached hydrogens (tertiary/aromatic N) is 2. The number of likely N-dealkylation sites (tertiary alicyclic amines) is 1. The Kier molecular flexibility index (Phi) is 8.52. The minimum absolute atomic E-state index is 0. The molecule has 1 aliphatic rings. The predicted octanol–water partition coefficient (Wildman–Crippen LogP) is 2.53. The molecule has 0 radical (unpaired) electrons. The molecule has 1 aliphatic heterocycles. The minimum Gasteiger partial charge on any atom is -0.352 e. The number of aliphatic imine (C=N–C) groups is 1. The smallest absolute Gasteiger partial charge is 0.225 e. The van der Waals surface area contributed by atoms with Gasteiger partial charge in [0.05, 0.1) is 0 Å². The van der Waals surface area contributed by atoms with E-state index in [-0.39, 0.29) is 41.8 Å². The van der Waals surface area contributed by atoms with Gasteiger partial charge in [-0.3, -0.25) is 9.79 Å². The Bertz CT molecular complexity index is 574. The number of nitrogens with one attached hydrogen (secondary N) is 2. The van der Waals surface area contributed by atoms with Crippen LogP contribution in [0, 0.1) is 12.8 Å². The van der Waals surface area contributed by atoms with Crippen LogP contribution in [0.3, 0.4) is 0 Å². The lowest BCUT2D eigenvalue weighted by Crippen LogP contribution is -2.45. The number of hydrogen-bond acceptors (Lipinski definition) is 2. The van der Waals surface area contributed by atoms with Gasteiger partial charge in [0.15, 0.2) is 5.96 Å². The number of aryl methyl sites for hydroxylation is 1. The topological polar surface area (TPSA) is 56.7 Å². The normalized spacial score (nSPS) is 17.6. The fourth-order valence-corrected chi connectivity index (χ4v) is 2.84. The largest absolute Gasteiger partial charge is 0.352 e. The summed E-state index contributed by atoms with van der Waals surface area (Å²) in [6.07, 6.45) is 0.962. The van der Waals surface area contributed by atoms with Crippen molar-refractivity contribution in [1.82, 2.24) is 15.5 Å². The molecular weight excluding hydrogens is 415 g/mol. The monoisotopic (exact) mass is 444 g/mol. The maximum absolute atomic E-state index is 12.0. The van der Waals surface area contributed by atoms with Crippen LogP contribution in [0.2, 0.25) is 0 Å². The van der Waals surface area contributed by atoms with E-state index < -0.39 is 0 Å². The zero-order valence-electron chi connectivity index (χ0n) is 15.0. The van der Waals surface area contributed by atoms with Crippen LogP contribution in [0.1, 0.15) is 31.4 Å². The minimum atomic E-state index is 0. The van der Waals surface area contributed by atoms with Gasteiger partial charge in [0.25, 0.3) is 0 Å². The summed E-state index contributed by atoms with van der Waals surface area (Å²) in [6.45, 7) is 8.31. The molecule has 1 unspecified atom stereocenters. The Morgan fingerprint density at radius 1 is 1.42 bits per heavy atom. The predicted molar refractivity (Wildman–Crippen MR) is 110 cm³/mol. The van der Waals surface area contributed by atoms with Crippen LogP contribution in [0.4, 0.5) is 0 Å². The van der Waals surface area contributed by atoms with Crippen molar-refractivity contribution in [1.29, 1.82) is 0 Å². The summed E-state index contributed by atoms with van der Waals surface area (Å²) >= 11 is 0. The Morgan fingerprint density at radius 2 is 2.17 bits per heavy atom. The Hall–Kier alpha value is -1.31. The number of carbonyl (C=O) groups is 1. The zero-order valence-corrected chi connectivity index (χ0v) is 17.3. The van der Waals surface area contributed by atoms with E-state index in [1.165, 1.54) is 11.1 Å². The molecule has 1 atom stereocenters. The molecule has 6 heteroatoms. The summed E-state index contributed by atoms with van der Waals surface area (Å²) in [5.41, 5.74) is 2.49. The SMILES string of the molecule is CN=C(NCc1cccc(C)c1)NC1CCN(C(=O)C(C)C)C1.I. The highest BCUT2D eigenvalue weighted by molar-refractivity contribution is 14.0. The lowest BCUT2D eigenvalue weighted by atomic mass is 10.1. The second kappa shape index (κ2) is 9.86. The van der Waals surface area contributed by atoms with Crippen molar-refractivity contribution in [2.75, 3.05) is 20.1 Å². The van der Waals surface area contributed by atoms with E-state index in [4.69, 9.17) is 0 Å². The number of rotatable bonds is 4. The number of guanidine groups is 1. The summed E-state index contributed by atoms with van der Waals surface area (Å²) in [4.78, 5) is 18.3. The van der Waals surface area contributed by atoms with E-state index in [0.29, 0.717) is 0 Å². The lowest BCUT2D eigenvalue weighted by Gasteiger charge is -2.20. The molecule has 134 valence electrons. The van der Waals surface area contributed by atoms with E-state index in [1.807, 2.05) is 18.7 Å². The van der Waals surface area contributed by atoms with E-state index >= 15 is 0 Å². The van der Waals surface area contributed by atoms with Crippen molar-refractivity contribution in [3.8, 4) is 0 Å². The van der Waals surface area contributed by atoms with Crippen LogP contribution in [0.15, 0.2) is 29.3 Å². The zero-order chi connectivity index (χ0) is 16.8. The highest BCUT2D eigenvalue weighted by Crippen LogP contribution is 2.12. The van der Waals surface area contributed by atoms with Gasteiger partial charge in [0.2, 0.25) is 5.91 Å². The Morgan fingerprint density at radius 3 is 2.79 bits per heavy atom. The van der Waals surface area contributed by atoms with Crippen LogP contribution >= 0.6 is 24.0 Å². The quantitative estimate of drug-likeness (QED) is 0.427. The Labute approximate surface area is 162 Å². The van der Waals surface area contributed by atoms with Crippen LogP contribution in [0.5, 0.6) is 0 Å². The van der Waals surface area contributed by atoms with Gasteiger partial charge in [-0.2, -0.15) is 0 Å². The average Bonchev–Trinajstić information content (AvgIpc) is 2.99. The van der Waals surface area contributed by atoms with Gasteiger partial charge in [0.1, 0.15) is 0 Å². The van der Waals surface area contributed by atoms with Gasteiger partial charge in [-0.15, -0.1) is 24.0 Å². The van der Waals surface area contributed by atoms with Crippen molar-refractivity contribution in [2.24, 2.45) is 10.9 Å². The van der Waals surface area contributed by atoms with Crippen LogP contribution in [-0.4, -0.2) is 42.9 Å². The molecule has 2 N–H and O–H groups in total. The molecule has 0 spiro atoms. The fourth-order valence-electron chi connectivity index (χ4n) is 2.84. The average molecular weight is 444 g/mol. The first-order chi connectivity index (χ1) is 11.0. The summed E-state index contributed by atoms with van der Waals surface area (Å²) in [6, 6.07) is 8.69. The third kappa shape index (κ3) is 5.96. The Balaban J connectivity index is 0.00000288. The number of halogens is 1. The van der Waals surface area contributed by atoms with Crippen molar-refractivity contribution < 1.29 is 4.79 Å². The molecule has 0 aliphatic carbocycles. The van der Waals surface area contributed by atoms with Crippen molar-refractivity contribution in [2.45, 2.75) is 39.8 Å². The molecule has 1 fully saturated rings. The summed E-state index contributed by atoms with van der Waals surface area (Å²) in [5.74, 6) is 1.08. The molecule has 1 aromatic rings. The van der Waals surface area contributed by atoms with Gasteiger partial charge in [0, 0.05) is 38.6 Å². The van der Waals surface area contributed by atoms with Gasteiger partial charge < -0.3 is 15.5 Å². The lowest BCUT2D eigenvalue weighted by molar-refractivity contribution is -0.133. The van der Waals surface area contributed by atoms with Crippen molar-refractivity contribution in [3.05, 3.63) is 35.4 Å². The summed E-state index contributed by atoms with van der Waals surface area (Å²) in [5, 5.41) is 6.76.